The van der Waals surface area contributed by atoms with Crippen LogP contribution in [0.3, 0.4) is 0 Å². The fourth-order valence-electron chi connectivity index (χ4n) is 2.03. The van der Waals surface area contributed by atoms with Crippen molar-refractivity contribution in [3.63, 3.8) is 0 Å². The summed E-state index contributed by atoms with van der Waals surface area (Å²) in [6.07, 6.45) is 0. The summed E-state index contributed by atoms with van der Waals surface area (Å²) < 4.78 is 0.839. The van der Waals surface area contributed by atoms with Crippen LogP contribution < -0.4 is 0 Å². The summed E-state index contributed by atoms with van der Waals surface area (Å²) in [6.45, 7) is 5.68. The molecule has 0 bridgehead atoms. The quantitative estimate of drug-likeness (QED) is 0.750. The van der Waals surface area contributed by atoms with Crippen LogP contribution in [-0.4, -0.2) is 10.2 Å². The molecule has 0 atom stereocenters. The van der Waals surface area contributed by atoms with Gasteiger partial charge < -0.3 is 10.2 Å². The van der Waals surface area contributed by atoms with Crippen molar-refractivity contribution in [3.8, 4) is 22.6 Å². The van der Waals surface area contributed by atoms with Crippen molar-refractivity contribution in [3.05, 3.63) is 44.5 Å². The number of rotatable bonds is 1. The molecular weight excluding hydrogens is 339 g/mol. The lowest BCUT2D eigenvalue weighted by Gasteiger charge is -2.10. The second kappa shape index (κ2) is 4.80. The van der Waals surface area contributed by atoms with Crippen molar-refractivity contribution >= 4 is 22.6 Å². The van der Waals surface area contributed by atoms with Crippen LogP contribution in [0.25, 0.3) is 11.1 Å². The number of hydrogen-bond acceptors (Lipinski definition) is 2. The first kappa shape index (κ1) is 13.2. The second-order valence-electron chi connectivity index (χ2n) is 4.58. The predicted molar refractivity (Wildman–Crippen MR) is 82.1 cm³/mol. The molecule has 0 saturated carbocycles. The summed E-state index contributed by atoms with van der Waals surface area (Å²) >= 11 is 2.13. The number of hydrogen-bond donors (Lipinski definition) is 2. The van der Waals surface area contributed by atoms with Crippen LogP contribution in [0.15, 0.2) is 24.3 Å². The van der Waals surface area contributed by atoms with Crippen LogP contribution >= 0.6 is 22.6 Å². The van der Waals surface area contributed by atoms with E-state index in [0.717, 1.165) is 31.4 Å². The predicted octanol–water partition coefficient (Wildman–Crippen LogP) is 4.29. The molecule has 0 unspecified atom stereocenters. The van der Waals surface area contributed by atoms with Crippen molar-refractivity contribution in [1.82, 2.24) is 0 Å². The molecule has 2 aromatic rings. The fourth-order valence-corrected chi connectivity index (χ4v) is 2.79. The Balaban J connectivity index is 2.63. The van der Waals surface area contributed by atoms with E-state index in [1.54, 1.807) is 0 Å². The van der Waals surface area contributed by atoms with Gasteiger partial charge in [0, 0.05) is 0 Å². The SMILES string of the molecule is Cc1cc(-c2cc(C)c(O)c(I)c2)cc(C)c1O. The molecule has 0 aromatic heterocycles. The third-order valence-corrected chi connectivity index (χ3v) is 3.90. The minimum absolute atomic E-state index is 0.339. The van der Waals surface area contributed by atoms with Gasteiger partial charge in [-0.2, -0.15) is 0 Å². The van der Waals surface area contributed by atoms with E-state index >= 15 is 0 Å². The zero-order chi connectivity index (χ0) is 13.4. The maximum absolute atomic E-state index is 9.79. The molecular formula is C15H15IO2. The van der Waals surface area contributed by atoms with Crippen molar-refractivity contribution in [2.24, 2.45) is 0 Å². The normalized spacial score (nSPS) is 10.7. The summed E-state index contributed by atoms with van der Waals surface area (Å²) in [6, 6.07) is 7.84. The molecule has 2 N–H and O–H groups in total. The first-order valence-corrected chi connectivity index (χ1v) is 6.77. The van der Waals surface area contributed by atoms with Gasteiger partial charge in [0.2, 0.25) is 0 Å². The van der Waals surface area contributed by atoms with Crippen LogP contribution in [0.1, 0.15) is 16.7 Å². The van der Waals surface area contributed by atoms with E-state index in [9.17, 15) is 10.2 Å². The molecule has 2 aromatic carbocycles. The third kappa shape index (κ3) is 2.32. The highest BCUT2D eigenvalue weighted by molar-refractivity contribution is 14.1. The van der Waals surface area contributed by atoms with Gasteiger partial charge in [-0.25, -0.2) is 0 Å². The van der Waals surface area contributed by atoms with Gasteiger partial charge in [-0.15, -0.1) is 0 Å². The fraction of sp³-hybridized carbons (Fsp3) is 0.200. The summed E-state index contributed by atoms with van der Waals surface area (Å²) in [5, 5.41) is 19.6. The average molecular weight is 354 g/mol. The van der Waals surface area contributed by atoms with E-state index in [2.05, 4.69) is 22.6 Å². The maximum Gasteiger partial charge on any atom is 0.131 e. The van der Waals surface area contributed by atoms with Crippen molar-refractivity contribution in [2.45, 2.75) is 20.8 Å². The van der Waals surface area contributed by atoms with Gasteiger partial charge in [0.25, 0.3) is 0 Å². The first-order chi connectivity index (χ1) is 8.40. The lowest BCUT2D eigenvalue weighted by Crippen LogP contribution is -1.88. The van der Waals surface area contributed by atoms with Gasteiger partial charge >= 0.3 is 0 Å². The van der Waals surface area contributed by atoms with Gasteiger partial charge in [-0.05, 0) is 95.4 Å². The van der Waals surface area contributed by atoms with E-state index < -0.39 is 0 Å². The topological polar surface area (TPSA) is 40.5 Å². The van der Waals surface area contributed by atoms with Crippen LogP contribution in [0.5, 0.6) is 11.5 Å². The molecule has 0 heterocycles. The highest BCUT2D eigenvalue weighted by atomic mass is 127. The molecule has 2 rings (SSSR count). The molecule has 0 saturated heterocycles. The van der Waals surface area contributed by atoms with E-state index in [0.29, 0.717) is 11.5 Å². The Hall–Kier alpha value is -1.23. The average Bonchev–Trinajstić information content (AvgIpc) is 2.31. The van der Waals surface area contributed by atoms with Crippen molar-refractivity contribution < 1.29 is 10.2 Å². The molecule has 0 amide bonds. The standard InChI is InChI=1S/C15H15IO2/c1-8-4-11(5-9(2)14(8)17)12-6-10(3)15(18)13(16)7-12/h4-7,17-18H,1-3H3. The Kier molecular flexibility index (Phi) is 3.52. The molecule has 3 heteroatoms. The Morgan fingerprint density at radius 3 is 1.56 bits per heavy atom. The van der Waals surface area contributed by atoms with Gasteiger partial charge in [-0.1, -0.05) is 0 Å². The number of phenols is 2. The zero-order valence-corrected chi connectivity index (χ0v) is 12.7. The van der Waals surface area contributed by atoms with Gasteiger partial charge in [-0.3, -0.25) is 0 Å². The second-order valence-corrected chi connectivity index (χ2v) is 5.74. The van der Waals surface area contributed by atoms with Crippen LogP contribution in [-0.2, 0) is 0 Å². The van der Waals surface area contributed by atoms with Gasteiger partial charge in [0.05, 0.1) is 3.57 Å². The van der Waals surface area contributed by atoms with Gasteiger partial charge in [0.15, 0.2) is 0 Å². The highest BCUT2D eigenvalue weighted by Crippen LogP contribution is 2.33. The monoisotopic (exact) mass is 354 g/mol. The molecule has 2 nitrogen and oxygen atoms in total. The molecule has 0 fully saturated rings. The Morgan fingerprint density at radius 2 is 1.11 bits per heavy atom. The van der Waals surface area contributed by atoms with Crippen molar-refractivity contribution in [2.75, 3.05) is 0 Å². The summed E-state index contributed by atoms with van der Waals surface area (Å²) in [4.78, 5) is 0. The third-order valence-electron chi connectivity index (χ3n) is 3.08. The highest BCUT2D eigenvalue weighted by Gasteiger charge is 2.09. The minimum Gasteiger partial charge on any atom is -0.507 e. The van der Waals surface area contributed by atoms with E-state index in [1.165, 1.54) is 0 Å². The van der Waals surface area contributed by atoms with E-state index in [4.69, 9.17) is 0 Å². The minimum atomic E-state index is 0.339. The summed E-state index contributed by atoms with van der Waals surface area (Å²) in [5.41, 5.74) is 4.71. The summed E-state index contributed by atoms with van der Waals surface area (Å²) in [5.74, 6) is 0.690. The molecule has 0 radical (unpaired) electrons. The van der Waals surface area contributed by atoms with Crippen molar-refractivity contribution in [1.29, 1.82) is 0 Å². The maximum atomic E-state index is 9.79. The van der Waals surface area contributed by atoms with E-state index in [-0.39, 0.29) is 0 Å². The number of halogens is 1. The van der Waals surface area contributed by atoms with Crippen LogP contribution in [0, 0.1) is 24.3 Å². The molecule has 0 aliphatic rings. The van der Waals surface area contributed by atoms with Crippen LogP contribution in [0.4, 0.5) is 0 Å². The lowest BCUT2D eigenvalue weighted by atomic mass is 9.98. The number of benzene rings is 2. The molecule has 0 spiro atoms. The largest absolute Gasteiger partial charge is 0.507 e. The lowest BCUT2D eigenvalue weighted by molar-refractivity contribution is 0.466. The van der Waals surface area contributed by atoms with Gasteiger partial charge in [0.1, 0.15) is 11.5 Å². The number of phenolic OH excluding ortho intramolecular Hbond substituents is 2. The number of aryl methyl sites for hydroxylation is 3. The zero-order valence-electron chi connectivity index (χ0n) is 10.6. The van der Waals surface area contributed by atoms with Crippen LogP contribution in [0.2, 0.25) is 0 Å². The number of aromatic hydroxyl groups is 2. The molecule has 18 heavy (non-hydrogen) atoms. The van der Waals surface area contributed by atoms with E-state index in [1.807, 2.05) is 45.0 Å². The Morgan fingerprint density at radius 1 is 0.722 bits per heavy atom. The smallest absolute Gasteiger partial charge is 0.131 e. The Labute approximate surface area is 120 Å². The molecule has 94 valence electrons. The molecule has 0 aliphatic heterocycles. The first-order valence-electron chi connectivity index (χ1n) is 5.70. The Bertz CT molecular complexity index is 516. The summed E-state index contributed by atoms with van der Waals surface area (Å²) in [7, 11) is 0. The molecule has 0 aliphatic carbocycles.